The minimum Gasteiger partial charge on any atom is -0.310 e. The van der Waals surface area contributed by atoms with Gasteiger partial charge in [0, 0.05) is 12.1 Å². The summed E-state index contributed by atoms with van der Waals surface area (Å²) in [5.74, 6) is 0. The van der Waals surface area contributed by atoms with Gasteiger partial charge in [-0.2, -0.15) is 0 Å². The Morgan fingerprint density at radius 1 is 1.24 bits per heavy atom. The number of aryl methyl sites for hydroxylation is 1. The molecule has 0 bridgehead atoms. The van der Waals surface area contributed by atoms with Crippen molar-refractivity contribution in [3.05, 3.63) is 35.4 Å². The molecule has 1 heterocycles. The van der Waals surface area contributed by atoms with Crippen LogP contribution in [0, 0.1) is 0 Å². The standard InChI is InChI=1S/C15H24N2/c1-4-12-5-7-13(8-6-12)15-11-14(17(2)3)9-10-16-15/h5-8,14-16H,4,9-11H2,1-3H3. The third-order valence-corrected chi connectivity index (χ3v) is 3.90. The van der Waals surface area contributed by atoms with Crippen molar-refractivity contribution in [3.63, 3.8) is 0 Å². The second-order valence-electron chi connectivity index (χ2n) is 5.24. The Labute approximate surface area is 105 Å². The molecule has 94 valence electrons. The summed E-state index contributed by atoms with van der Waals surface area (Å²) in [5, 5.41) is 3.63. The van der Waals surface area contributed by atoms with E-state index in [-0.39, 0.29) is 0 Å². The van der Waals surface area contributed by atoms with E-state index in [1.807, 2.05) is 0 Å². The smallest absolute Gasteiger partial charge is 0.0335 e. The van der Waals surface area contributed by atoms with Gasteiger partial charge in [-0.05, 0) is 51.0 Å². The average molecular weight is 232 g/mol. The van der Waals surface area contributed by atoms with E-state index in [2.05, 4.69) is 55.5 Å². The van der Waals surface area contributed by atoms with Gasteiger partial charge in [0.15, 0.2) is 0 Å². The molecule has 1 N–H and O–H groups in total. The molecule has 2 atom stereocenters. The summed E-state index contributed by atoms with van der Waals surface area (Å²) in [5.41, 5.74) is 2.86. The largest absolute Gasteiger partial charge is 0.310 e. The van der Waals surface area contributed by atoms with E-state index in [1.54, 1.807) is 0 Å². The van der Waals surface area contributed by atoms with Crippen LogP contribution in [-0.2, 0) is 6.42 Å². The first-order valence-electron chi connectivity index (χ1n) is 6.69. The lowest BCUT2D eigenvalue weighted by Crippen LogP contribution is -2.41. The summed E-state index contributed by atoms with van der Waals surface area (Å²) in [4.78, 5) is 2.36. The van der Waals surface area contributed by atoms with Gasteiger partial charge < -0.3 is 10.2 Å². The van der Waals surface area contributed by atoms with Crippen LogP contribution in [0.15, 0.2) is 24.3 Å². The zero-order valence-corrected chi connectivity index (χ0v) is 11.2. The van der Waals surface area contributed by atoms with Gasteiger partial charge in [0.2, 0.25) is 0 Å². The van der Waals surface area contributed by atoms with Gasteiger partial charge in [-0.3, -0.25) is 0 Å². The second kappa shape index (κ2) is 5.65. The Balaban J connectivity index is 2.05. The van der Waals surface area contributed by atoms with Crippen LogP contribution in [0.5, 0.6) is 0 Å². The van der Waals surface area contributed by atoms with Gasteiger partial charge in [0.25, 0.3) is 0 Å². The van der Waals surface area contributed by atoms with Crippen LogP contribution in [0.4, 0.5) is 0 Å². The molecule has 1 aliphatic heterocycles. The van der Waals surface area contributed by atoms with Gasteiger partial charge >= 0.3 is 0 Å². The molecule has 1 aliphatic rings. The van der Waals surface area contributed by atoms with Crippen molar-refractivity contribution in [1.29, 1.82) is 0 Å². The van der Waals surface area contributed by atoms with E-state index < -0.39 is 0 Å². The average Bonchev–Trinajstić information content (AvgIpc) is 2.39. The molecule has 1 saturated heterocycles. The number of nitrogens with zero attached hydrogens (tertiary/aromatic N) is 1. The van der Waals surface area contributed by atoms with Gasteiger partial charge in [0.05, 0.1) is 0 Å². The molecule has 0 saturated carbocycles. The Kier molecular flexibility index (Phi) is 4.19. The zero-order chi connectivity index (χ0) is 12.3. The monoisotopic (exact) mass is 232 g/mol. The maximum absolute atomic E-state index is 3.63. The van der Waals surface area contributed by atoms with Crippen molar-refractivity contribution < 1.29 is 0 Å². The molecule has 1 aromatic rings. The second-order valence-corrected chi connectivity index (χ2v) is 5.24. The third-order valence-electron chi connectivity index (χ3n) is 3.90. The van der Waals surface area contributed by atoms with E-state index in [9.17, 15) is 0 Å². The van der Waals surface area contributed by atoms with Crippen molar-refractivity contribution >= 4 is 0 Å². The van der Waals surface area contributed by atoms with E-state index in [0.717, 1.165) is 13.0 Å². The molecule has 2 nitrogen and oxygen atoms in total. The highest BCUT2D eigenvalue weighted by molar-refractivity contribution is 5.25. The molecule has 0 amide bonds. The first kappa shape index (κ1) is 12.6. The van der Waals surface area contributed by atoms with E-state index in [4.69, 9.17) is 0 Å². The van der Waals surface area contributed by atoms with Crippen LogP contribution in [0.3, 0.4) is 0 Å². The Morgan fingerprint density at radius 3 is 2.53 bits per heavy atom. The number of piperidine rings is 1. The Morgan fingerprint density at radius 2 is 1.94 bits per heavy atom. The summed E-state index contributed by atoms with van der Waals surface area (Å²) < 4.78 is 0. The molecule has 1 aromatic carbocycles. The van der Waals surface area contributed by atoms with E-state index >= 15 is 0 Å². The van der Waals surface area contributed by atoms with Gasteiger partial charge in [0.1, 0.15) is 0 Å². The quantitative estimate of drug-likeness (QED) is 0.862. The fraction of sp³-hybridized carbons (Fsp3) is 0.600. The Hall–Kier alpha value is -0.860. The minimum absolute atomic E-state index is 0.530. The molecular formula is C15H24N2. The molecule has 1 fully saturated rings. The number of benzene rings is 1. The summed E-state index contributed by atoms with van der Waals surface area (Å²) >= 11 is 0. The number of rotatable bonds is 3. The normalized spacial score (nSPS) is 25.2. The lowest BCUT2D eigenvalue weighted by molar-refractivity contribution is 0.207. The predicted molar refractivity (Wildman–Crippen MR) is 73.3 cm³/mol. The summed E-state index contributed by atoms with van der Waals surface area (Å²) in [6, 6.07) is 10.3. The maximum Gasteiger partial charge on any atom is 0.0335 e. The van der Waals surface area contributed by atoms with Crippen molar-refractivity contribution in [3.8, 4) is 0 Å². The molecule has 2 heteroatoms. The first-order valence-corrected chi connectivity index (χ1v) is 6.69. The topological polar surface area (TPSA) is 15.3 Å². The number of hydrogen-bond donors (Lipinski definition) is 1. The lowest BCUT2D eigenvalue weighted by Gasteiger charge is -2.34. The zero-order valence-electron chi connectivity index (χ0n) is 11.2. The fourth-order valence-electron chi connectivity index (χ4n) is 2.61. The highest BCUT2D eigenvalue weighted by Crippen LogP contribution is 2.25. The van der Waals surface area contributed by atoms with Gasteiger partial charge in [-0.1, -0.05) is 31.2 Å². The lowest BCUT2D eigenvalue weighted by atomic mass is 9.92. The van der Waals surface area contributed by atoms with E-state index in [0.29, 0.717) is 12.1 Å². The minimum atomic E-state index is 0.530. The molecular weight excluding hydrogens is 208 g/mol. The molecule has 0 aliphatic carbocycles. The molecule has 0 spiro atoms. The molecule has 17 heavy (non-hydrogen) atoms. The van der Waals surface area contributed by atoms with Crippen molar-refractivity contribution in [2.45, 2.75) is 38.3 Å². The van der Waals surface area contributed by atoms with E-state index in [1.165, 1.54) is 24.0 Å². The molecule has 0 aromatic heterocycles. The predicted octanol–water partition coefficient (Wildman–Crippen LogP) is 2.60. The Bertz CT molecular complexity index is 342. The summed E-state index contributed by atoms with van der Waals surface area (Å²) in [6.45, 7) is 3.33. The summed E-state index contributed by atoms with van der Waals surface area (Å²) in [6.07, 6.45) is 3.60. The number of nitrogens with one attached hydrogen (secondary N) is 1. The third kappa shape index (κ3) is 3.08. The van der Waals surface area contributed by atoms with Crippen LogP contribution >= 0.6 is 0 Å². The molecule has 0 radical (unpaired) electrons. The van der Waals surface area contributed by atoms with Crippen LogP contribution in [0.25, 0.3) is 0 Å². The van der Waals surface area contributed by atoms with Crippen molar-refractivity contribution in [2.75, 3.05) is 20.6 Å². The highest BCUT2D eigenvalue weighted by atomic mass is 15.1. The van der Waals surface area contributed by atoms with Crippen molar-refractivity contribution in [1.82, 2.24) is 10.2 Å². The molecule has 2 unspecified atom stereocenters. The van der Waals surface area contributed by atoms with Crippen LogP contribution in [0.1, 0.15) is 36.9 Å². The van der Waals surface area contributed by atoms with Crippen LogP contribution in [0.2, 0.25) is 0 Å². The van der Waals surface area contributed by atoms with Crippen molar-refractivity contribution in [2.24, 2.45) is 0 Å². The summed E-state index contributed by atoms with van der Waals surface area (Å²) in [7, 11) is 4.38. The van der Waals surface area contributed by atoms with Crippen LogP contribution in [-0.4, -0.2) is 31.6 Å². The van der Waals surface area contributed by atoms with Crippen LogP contribution < -0.4 is 5.32 Å². The first-order chi connectivity index (χ1) is 8.20. The van der Waals surface area contributed by atoms with Gasteiger partial charge in [-0.25, -0.2) is 0 Å². The molecule has 2 rings (SSSR count). The SMILES string of the molecule is CCc1ccc(C2CC(N(C)C)CCN2)cc1. The number of hydrogen-bond acceptors (Lipinski definition) is 2. The van der Waals surface area contributed by atoms with Gasteiger partial charge in [-0.15, -0.1) is 0 Å². The maximum atomic E-state index is 3.63. The fourth-order valence-corrected chi connectivity index (χ4v) is 2.61. The highest BCUT2D eigenvalue weighted by Gasteiger charge is 2.23.